The number of ether oxygens (including phenoxy) is 1. The number of nitrogens with one attached hydrogen (secondary N) is 1. The predicted octanol–water partition coefficient (Wildman–Crippen LogP) is 3.32. The molecule has 0 aliphatic rings. The molecule has 1 rings (SSSR count). The van der Waals surface area contributed by atoms with E-state index in [9.17, 15) is 0 Å². The molecular weight excluding hydrogens is 210 g/mol. The Labute approximate surface area is 105 Å². The summed E-state index contributed by atoms with van der Waals surface area (Å²) in [7, 11) is 0. The largest absolute Gasteiger partial charge is 0.492 e. The van der Waals surface area contributed by atoms with Gasteiger partial charge in [-0.05, 0) is 49.6 Å². The minimum atomic E-state index is 0.418. The Balaban J connectivity index is 2.56. The molecule has 2 heteroatoms. The summed E-state index contributed by atoms with van der Waals surface area (Å²) in [5, 5.41) is 3.45. The van der Waals surface area contributed by atoms with Crippen molar-refractivity contribution in [2.45, 2.75) is 40.7 Å². The molecule has 0 aliphatic heterocycles. The molecule has 0 fully saturated rings. The highest BCUT2D eigenvalue weighted by molar-refractivity contribution is 5.33. The van der Waals surface area contributed by atoms with Crippen molar-refractivity contribution in [2.75, 3.05) is 13.2 Å². The number of hydrogen-bond donors (Lipinski definition) is 1. The maximum absolute atomic E-state index is 5.86. The molecule has 0 aliphatic carbocycles. The van der Waals surface area contributed by atoms with Crippen molar-refractivity contribution >= 4 is 0 Å². The summed E-state index contributed by atoms with van der Waals surface area (Å²) in [5.41, 5.74) is 2.59. The zero-order valence-electron chi connectivity index (χ0n) is 11.7. The van der Waals surface area contributed by atoms with Gasteiger partial charge in [-0.1, -0.05) is 26.8 Å². The van der Waals surface area contributed by atoms with Crippen LogP contribution in [-0.4, -0.2) is 19.2 Å². The summed E-state index contributed by atoms with van der Waals surface area (Å²) in [5.74, 6) is 1.55. The topological polar surface area (TPSA) is 21.3 Å². The van der Waals surface area contributed by atoms with E-state index in [0.717, 1.165) is 18.9 Å². The van der Waals surface area contributed by atoms with Crippen LogP contribution in [0.1, 0.15) is 31.9 Å². The molecule has 1 aromatic rings. The zero-order valence-corrected chi connectivity index (χ0v) is 11.7. The molecule has 1 aromatic carbocycles. The molecule has 0 heterocycles. The SMILES string of the molecule is CCNC(COc1ccc(C)c(C)c1)C(C)C. The predicted molar refractivity (Wildman–Crippen MR) is 73.7 cm³/mol. The molecule has 1 unspecified atom stereocenters. The van der Waals surface area contributed by atoms with Crippen LogP contribution < -0.4 is 10.1 Å². The number of likely N-dealkylation sites (N-methyl/N-ethyl adjacent to an activating group) is 1. The first-order valence-corrected chi connectivity index (χ1v) is 6.48. The van der Waals surface area contributed by atoms with Crippen molar-refractivity contribution in [2.24, 2.45) is 5.92 Å². The highest BCUT2D eigenvalue weighted by Gasteiger charge is 2.12. The molecule has 1 N–H and O–H groups in total. The Kier molecular flexibility index (Phi) is 5.49. The molecule has 0 saturated heterocycles. The molecule has 0 saturated carbocycles. The van der Waals surface area contributed by atoms with E-state index >= 15 is 0 Å². The van der Waals surface area contributed by atoms with Gasteiger partial charge in [0.2, 0.25) is 0 Å². The van der Waals surface area contributed by atoms with Crippen LogP contribution in [0.25, 0.3) is 0 Å². The first-order chi connectivity index (χ1) is 8.04. The lowest BCUT2D eigenvalue weighted by Gasteiger charge is -2.22. The van der Waals surface area contributed by atoms with Crippen molar-refractivity contribution in [1.29, 1.82) is 0 Å². The molecular formula is C15H25NO. The van der Waals surface area contributed by atoms with Crippen molar-refractivity contribution in [1.82, 2.24) is 5.32 Å². The van der Waals surface area contributed by atoms with Crippen molar-refractivity contribution in [3.8, 4) is 5.75 Å². The Bertz CT molecular complexity index is 347. The van der Waals surface area contributed by atoms with Gasteiger partial charge in [0.05, 0.1) is 0 Å². The van der Waals surface area contributed by atoms with Crippen LogP contribution in [0.3, 0.4) is 0 Å². The van der Waals surface area contributed by atoms with E-state index in [1.54, 1.807) is 0 Å². The highest BCUT2D eigenvalue weighted by atomic mass is 16.5. The summed E-state index contributed by atoms with van der Waals surface area (Å²) >= 11 is 0. The smallest absolute Gasteiger partial charge is 0.119 e. The fraction of sp³-hybridized carbons (Fsp3) is 0.600. The molecule has 0 spiro atoms. The van der Waals surface area contributed by atoms with E-state index in [-0.39, 0.29) is 0 Å². The van der Waals surface area contributed by atoms with E-state index < -0.39 is 0 Å². The van der Waals surface area contributed by atoms with Gasteiger partial charge in [-0.3, -0.25) is 0 Å². The molecule has 0 radical (unpaired) electrons. The standard InChI is InChI=1S/C15H25NO/c1-6-16-15(11(2)3)10-17-14-8-7-12(4)13(5)9-14/h7-9,11,15-16H,6,10H2,1-5H3. The third-order valence-corrected chi connectivity index (χ3v) is 3.18. The third-order valence-electron chi connectivity index (χ3n) is 3.18. The summed E-state index contributed by atoms with van der Waals surface area (Å²) in [4.78, 5) is 0. The fourth-order valence-corrected chi connectivity index (χ4v) is 1.74. The minimum Gasteiger partial charge on any atom is -0.492 e. The normalized spacial score (nSPS) is 12.8. The molecule has 0 amide bonds. The number of aryl methyl sites for hydroxylation is 2. The first-order valence-electron chi connectivity index (χ1n) is 6.48. The summed E-state index contributed by atoms with van der Waals surface area (Å²) in [6, 6.07) is 6.69. The molecule has 1 atom stereocenters. The number of hydrogen-bond acceptors (Lipinski definition) is 2. The highest BCUT2D eigenvalue weighted by Crippen LogP contribution is 2.17. The summed E-state index contributed by atoms with van der Waals surface area (Å²) in [6.07, 6.45) is 0. The average molecular weight is 235 g/mol. The lowest BCUT2D eigenvalue weighted by Crippen LogP contribution is -2.38. The number of rotatable bonds is 6. The van der Waals surface area contributed by atoms with Gasteiger partial charge in [0.25, 0.3) is 0 Å². The van der Waals surface area contributed by atoms with Crippen LogP contribution in [0.5, 0.6) is 5.75 Å². The lowest BCUT2D eigenvalue weighted by atomic mass is 10.1. The van der Waals surface area contributed by atoms with Crippen LogP contribution >= 0.6 is 0 Å². The monoisotopic (exact) mass is 235 g/mol. The molecule has 96 valence electrons. The van der Waals surface area contributed by atoms with Crippen LogP contribution in [0.4, 0.5) is 0 Å². The molecule has 17 heavy (non-hydrogen) atoms. The van der Waals surface area contributed by atoms with E-state index in [1.165, 1.54) is 11.1 Å². The average Bonchev–Trinajstić information content (AvgIpc) is 2.28. The first kappa shape index (κ1) is 14.0. The molecule has 0 bridgehead atoms. The van der Waals surface area contributed by atoms with E-state index in [4.69, 9.17) is 4.74 Å². The molecule has 2 nitrogen and oxygen atoms in total. The van der Waals surface area contributed by atoms with Gasteiger partial charge in [-0.25, -0.2) is 0 Å². The Hall–Kier alpha value is -1.02. The van der Waals surface area contributed by atoms with Crippen LogP contribution in [0.15, 0.2) is 18.2 Å². The van der Waals surface area contributed by atoms with Crippen LogP contribution in [0.2, 0.25) is 0 Å². The van der Waals surface area contributed by atoms with Crippen molar-refractivity contribution in [3.05, 3.63) is 29.3 Å². The second-order valence-corrected chi connectivity index (χ2v) is 4.97. The Morgan fingerprint density at radius 2 is 1.88 bits per heavy atom. The van der Waals surface area contributed by atoms with Gasteiger partial charge >= 0.3 is 0 Å². The van der Waals surface area contributed by atoms with Crippen LogP contribution in [-0.2, 0) is 0 Å². The van der Waals surface area contributed by atoms with Gasteiger partial charge < -0.3 is 10.1 Å². The fourth-order valence-electron chi connectivity index (χ4n) is 1.74. The van der Waals surface area contributed by atoms with Crippen molar-refractivity contribution < 1.29 is 4.74 Å². The van der Waals surface area contributed by atoms with Gasteiger partial charge in [0, 0.05) is 6.04 Å². The van der Waals surface area contributed by atoms with Gasteiger partial charge in [-0.15, -0.1) is 0 Å². The second-order valence-electron chi connectivity index (χ2n) is 4.97. The van der Waals surface area contributed by atoms with E-state index in [2.05, 4.69) is 52.1 Å². The maximum Gasteiger partial charge on any atom is 0.119 e. The molecule has 0 aromatic heterocycles. The number of benzene rings is 1. The van der Waals surface area contributed by atoms with Gasteiger partial charge in [0.1, 0.15) is 12.4 Å². The summed E-state index contributed by atoms with van der Waals surface area (Å²) < 4.78 is 5.86. The zero-order chi connectivity index (χ0) is 12.8. The lowest BCUT2D eigenvalue weighted by molar-refractivity contribution is 0.232. The Morgan fingerprint density at radius 1 is 1.18 bits per heavy atom. The third kappa shape index (κ3) is 4.39. The van der Waals surface area contributed by atoms with Crippen molar-refractivity contribution in [3.63, 3.8) is 0 Å². The maximum atomic E-state index is 5.86. The van der Waals surface area contributed by atoms with Gasteiger partial charge in [-0.2, -0.15) is 0 Å². The quantitative estimate of drug-likeness (QED) is 0.816. The Morgan fingerprint density at radius 3 is 2.41 bits per heavy atom. The second kappa shape index (κ2) is 6.65. The minimum absolute atomic E-state index is 0.418. The van der Waals surface area contributed by atoms with E-state index in [0.29, 0.717) is 12.0 Å². The van der Waals surface area contributed by atoms with E-state index in [1.807, 2.05) is 6.07 Å². The van der Waals surface area contributed by atoms with Crippen LogP contribution in [0, 0.1) is 19.8 Å². The van der Waals surface area contributed by atoms with Gasteiger partial charge in [0.15, 0.2) is 0 Å². The summed E-state index contributed by atoms with van der Waals surface area (Å²) in [6.45, 7) is 12.5.